The minimum atomic E-state index is -3.63. The van der Waals surface area contributed by atoms with Crippen LogP contribution in [0.4, 0.5) is 0 Å². The lowest BCUT2D eigenvalue weighted by Gasteiger charge is -2.24. The molecule has 21 heavy (non-hydrogen) atoms. The molecule has 1 unspecified atom stereocenters. The Balaban J connectivity index is 2.13. The maximum Gasteiger partial charge on any atom is 0.240 e. The second-order valence-corrected chi connectivity index (χ2v) is 7.04. The predicted octanol–water partition coefficient (Wildman–Crippen LogP) is 2.18. The van der Waals surface area contributed by atoms with Gasteiger partial charge in [-0.25, -0.2) is 13.1 Å². The topological polar surface area (TPSA) is 66.4 Å². The van der Waals surface area contributed by atoms with E-state index in [-0.39, 0.29) is 11.4 Å². The average molecular weight is 305 g/mol. The van der Waals surface area contributed by atoms with Crippen LogP contribution in [0, 0.1) is 6.92 Å². The Kier molecular flexibility index (Phi) is 4.46. The second-order valence-electron chi connectivity index (χ2n) is 5.28. The van der Waals surface area contributed by atoms with E-state index in [2.05, 4.69) is 4.72 Å². The van der Waals surface area contributed by atoms with Crippen molar-refractivity contribution in [3.05, 3.63) is 65.7 Å². The molecule has 112 valence electrons. The van der Waals surface area contributed by atoms with Crippen LogP contribution >= 0.6 is 0 Å². The first-order chi connectivity index (χ1) is 9.81. The monoisotopic (exact) mass is 305 g/mol. The fraction of sp³-hybridized carbons (Fsp3) is 0.250. The van der Waals surface area contributed by atoms with E-state index in [1.165, 1.54) is 0 Å². The van der Waals surface area contributed by atoms with Crippen LogP contribution in [-0.2, 0) is 15.6 Å². The molecule has 0 aliphatic rings. The molecule has 0 radical (unpaired) electrons. The van der Waals surface area contributed by atoms with Gasteiger partial charge >= 0.3 is 0 Å². The zero-order valence-electron chi connectivity index (χ0n) is 12.1. The molecule has 0 bridgehead atoms. The van der Waals surface area contributed by atoms with Crippen LogP contribution in [0.5, 0.6) is 0 Å². The molecule has 2 aromatic rings. The van der Waals surface area contributed by atoms with Gasteiger partial charge in [-0.2, -0.15) is 0 Å². The summed E-state index contributed by atoms with van der Waals surface area (Å²) >= 11 is 0. The van der Waals surface area contributed by atoms with Crippen LogP contribution in [0.1, 0.15) is 18.1 Å². The highest BCUT2D eigenvalue weighted by Crippen LogP contribution is 2.20. The predicted molar refractivity (Wildman–Crippen MR) is 82.4 cm³/mol. The molecule has 1 atom stereocenters. The van der Waals surface area contributed by atoms with Gasteiger partial charge in [-0.3, -0.25) is 0 Å². The highest BCUT2D eigenvalue weighted by molar-refractivity contribution is 7.89. The quantitative estimate of drug-likeness (QED) is 0.890. The number of hydrogen-bond acceptors (Lipinski definition) is 3. The second kappa shape index (κ2) is 5.97. The molecule has 0 amide bonds. The molecular weight excluding hydrogens is 286 g/mol. The lowest BCUT2D eigenvalue weighted by Crippen LogP contribution is -2.38. The van der Waals surface area contributed by atoms with Gasteiger partial charge in [-0.1, -0.05) is 48.0 Å². The molecular formula is C16H19NO3S. The zero-order chi connectivity index (χ0) is 15.5. The van der Waals surface area contributed by atoms with Gasteiger partial charge in [0.1, 0.15) is 5.60 Å². The SMILES string of the molecule is Cc1ccc(S(=O)(=O)NCC(C)(O)c2ccccc2)cc1. The summed E-state index contributed by atoms with van der Waals surface area (Å²) in [4.78, 5) is 0.192. The summed E-state index contributed by atoms with van der Waals surface area (Å²) in [7, 11) is -3.63. The van der Waals surface area contributed by atoms with Crippen molar-refractivity contribution < 1.29 is 13.5 Å². The highest BCUT2D eigenvalue weighted by atomic mass is 32.2. The molecule has 0 aromatic heterocycles. The Labute approximate surface area is 125 Å². The van der Waals surface area contributed by atoms with Crippen molar-refractivity contribution in [3.8, 4) is 0 Å². The molecule has 0 saturated carbocycles. The van der Waals surface area contributed by atoms with Gasteiger partial charge in [0.15, 0.2) is 0 Å². The van der Waals surface area contributed by atoms with E-state index in [0.717, 1.165) is 5.56 Å². The molecule has 2 N–H and O–H groups in total. The number of sulfonamides is 1. The van der Waals surface area contributed by atoms with Gasteiger partial charge in [0.05, 0.1) is 4.90 Å². The largest absolute Gasteiger partial charge is 0.384 e. The number of rotatable bonds is 5. The summed E-state index contributed by atoms with van der Waals surface area (Å²) in [6.07, 6.45) is 0. The van der Waals surface area contributed by atoms with E-state index in [1.807, 2.05) is 13.0 Å². The van der Waals surface area contributed by atoms with E-state index in [4.69, 9.17) is 0 Å². The van der Waals surface area contributed by atoms with Crippen molar-refractivity contribution in [3.63, 3.8) is 0 Å². The van der Waals surface area contributed by atoms with Crippen molar-refractivity contribution in [2.24, 2.45) is 0 Å². The lowest BCUT2D eigenvalue weighted by atomic mass is 9.97. The van der Waals surface area contributed by atoms with E-state index in [9.17, 15) is 13.5 Å². The smallest absolute Gasteiger partial charge is 0.240 e. The number of hydrogen-bond donors (Lipinski definition) is 2. The summed E-state index contributed by atoms with van der Waals surface area (Å²) < 4.78 is 26.9. The van der Waals surface area contributed by atoms with Crippen LogP contribution < -0.4 is 4.72 Å². The molecule has 2 aromatic carbocycles. The van der Waals surface area contributed by atoms with Crippen molar-refractivity contribution in [1.29, 1.82) is 0 Å². The van der Waals surface area contributed by atoms with E-state index < -0.39 is 15.6 Å². The van der Waals surface area contributed by atoms with E-state index >= 15 is 0 Å². The Morgan fingerprint density at radius 3 is 2.19 bits per heavy atom. The fourth-order valence-electron chi connectivity index (χ4n) is 1.94. The van der Waals surface area contributed by atoms with Gasteiger partial charge in [0, 0.05) is 6.54 Å². The molecule has 0 aliphatic heterocycles. The fourth-order valence-corrected chi connectivity index (χ4v) is 3.07. The van der Waals surface area contributed by atoms with Gasteiger partial charge in [0.25, 0.3) is 0 Å². The molecule has 0 heterocycles. The van der Waals surface area contributed by atoms with Gasteiger partial charge < -0.3 is 5.11 Å². The Bertz CT molecular complexity index is 692. The Morgan fingerprint density at radius 2 is 1.62 bits per heavy atom. The zero-order valence-corrected chi connectivity index (χ0v) is 12.9. The molecule has 5 heteroatoms. The van der Waals surface area contributed by atoms with Crippen molar-refractivity contribution in [2.75, 3.05) is 6.54 Å². The normalized spacial score (nSPS) is 14.6. The Morgan fingerprint density at radius 1 is 1.05 bits per heavy atom. The maximum absolute atomic E-state index is 12.2. The number of nitrogens with one attached hydrogen (secondary N) is 1. The summed E-state index contributed by atoms with van der Waals surface area (Å²) in [5.41, 5.74) is 0.390. The highest BCUT2D eigenvalue weighted by Gasteiger charge is 2.25. The number of aliphatic hydroxyl groups is 1. The van der Waals surface area contributed by atoms with Gasteiger partial charge in [-0.15, -0.1) is 0 Å². The average Bonchev–Trinajstić information content (AvgIpc) is 2.47. The van der Waals surface area contributed by atoms with Crippen molar-refractivity contribution in [1.82, 2.24) is 4.72 Å². The van der Waals surface area contributed by atoms with Crippen LogP contribution in [0.3, 0.4) is 0 Å². The standard InChI is InChI=1S/C16H19NO3S/c1-13-8-10-15(11-9-13)21(19,20)17-12-16(2,18)14-6-4-3-5-7-14/h3-11,17-18H,12H2,1-2H3. The minimum absolute atomic E-state index is 0.0901. The van der Waals surface area contributed by atoms with Crippen LogP contribution in [0.25, 0.3) is 0 Å². The van der Waals surface area contributed by atoms with Crippen LogP contribution in [-0.4, -0.2) is 20.1 Å². The van der Waals surface area contributed by atoms with Crippen LogP contribution in [0.2, 0.25) is 0 Å². The summed E-state index contributed by atoms with van der Waals surface area (Å²) in [5, 5.41) is 10.4. The minimum Gasteiger partial charge on any atom is -0.384 e. The van der Waals surface area contributed by atoms with Crippen LogP contribution in [0.15, 0.2) is 59.5 Å². The summed E-state index contributed by atoms with van der Waals surface area (Å²) in [5.74, 6) is 0. The molecule has 0 saturated heterocycles. The summed E-state index contributed by atoms with van der Waals surface area (Å²) in [6.45, 7) is 3.39. The summed E-state index contributed by atoms with van der Waals surface area (Å²) in [6, 6.07) is 15.6. The molecule has 0 fully saturated rings. The first-order valence-electron chi connectivity index (χ1n) is 6.65. The van der Waals surface area contributed by atoms with E-state index in [0.29, 0.717) is 5.56 Å². The Hall–Kier alpha value is -1.69. The third-order valence-corrected chi connectivity index (χ3v) is 4.75. The third-order valence-electron chi connectivity index (χ3n) is 3.33. The first-order valence-corrected chi connectivity index (χ1v) is 8.14. The van der Waals surface area contributed by atoms with Crippen molar-refractivity contribution >= 4 is 10.0 Å². The lowest BCUT2D eigenvalue weighted by molar-refractivity contribution is 0.0627. The molecule has 0 spiro atoms. The third kappa shape index (κ3) is 3.91. The van der Waals surface area contributed by atoms with Crippen molar-refractivity contribution in [2.45, 2.75) is 24.3 Å². The molecule has 2 rings (SSSR count). The van der Waals surface area contributed by atoms with Gasteiger partial charge in [0.2, 0.25) is 10.0 Å². The number of benzene rings is 2. The molecule has 4 nitrogen and oxygen atoms in total. The van der Waals surface area contributed by atoms with E-state index in [1.54, 1.807) is 55.5 Å². The maximum atomic E-state index is 12.2. The van der Waals surface area contributed by atoms with Gasteiger partial charge in [-0.05, 0) is 31.5 Å². The molecule has 0 aliphatic carbocycles. The first kappa shape index (κ1) is 15.7. The number of aryl methyl sites for hydroxylation is 1.